The van der Waals surface area contributed by atoms with Crippen molar-refractivity contribution in [2.75, 3.05) is 18.1 Å². The van der Waals surface area contributed by atoms with E-state index in [1.165, 1.54) is 18.2 Å². The topological polar surface area (TPSA) is 23.6 Å². The first kappa shape index (κ1) is 16.0. The van der Waals surface area contributed by atoms with E-state index in [2.05, 4.69) is 5.92 Å². The van der Waals surface area contributed by atoms with Gasteiger partial charge in [0.05, 0.1) is 12.2 Å². The summed E-state index contributed by atoms with van der Waals surface area (Å²) in [5, 5.41) is 2.45. The van der Waals surface area contributed by atoms with Gasteiger partial charge in [-0.1, -0.05) is 29.1 Å². The van der Waals surface area contributed by atoms with Crippen molar-refractivity contribution in [2.45, 2.75) is 6.18 Å². The average Bonchev–Trinajstić information content (AvgIpc) is 2.65. The molecular formula is C13H9Cl2F3N2O. The number of terminal acetylenes is 1. The maximum Gasteiger partial charge on any atom is 0.401 e. The van der Waals surface area contributed by atoms with E-state index in [-0.39, 0.29) is 22.3 Å². The van der Waals surface area contributed by atoms with Crippen LogP contribution in [-0.4, -0.2) is 30.2 Å². The molecule has 8 heteroatoms. The monoisotopic (exact) mass is 336 g/mol. The van der Waals surface area contributed by atoms with Crippen LogP contribution in [0.25, 0.3) is 0 Å². The predicted molar refractivity (Wildman–Crippen MR) is 73.9 cm³/mol. The Morgan fingerprint density at radius 2 is 1.86 bits per heavy atom. The number of anilines is 1. The number of carbonyl (C=O) groups excluding carboxylic acids is 1. The molecule has 1 unspecified atom stereocenters. The number of hydrazine groups is 1. The molecule has 1 aromatic rings. The van der Waals surface area contributed by atoms with Crippen LogP contribution in [0.4, 0.5) is 18.9 Å². The van der Waals surface area contributed by atoms with E-state index in [9.17, 15) is 18.0 Å². The second kappa shape index (κ2) is 5.76. The molecule has 1 amide bonds. The minimum Gasteiger partial charge on any atom is -0.272 e. The van der Waals surface area contributed by atoms with Gasteiger partial charge < -0.3 is 0 Å². The third-order valence-corrected chi connectivity index (χ3v) is 3.38. The van der Waals surface area contributed by atoms with Crippen LogP contribution in [0, 0.1) is 18.3 Å². The van der Waals surface area contributed by atoms with Gasteiger partial charge >= 0.3 is 6.18 Å². The number of nitrogens with zero attached hydrogens (tertiary/aromatic N) is 2. The van der Waals surface area contributed by atoms with Crippen molar-refractivity contribution in [1.82, 2.24) is 5.01 Å². The quantitative estimate of drug-likeness (QED) is 0.773. The third kappa shape index (κ3) is 3.26. The zero-order valence-electron chi connectivity index (χ0n) is 10.5. The molecule has 0 saturated carbocycles. The van der Waals surface area contributed by atoms with Crippen LogP contribution in [0.5, 0.6) is 0 Å². The number of hydrogen-bond donors (Lipinski definition) is 0. The predicted octanol–water partition coefficient (Wildman–Crippen LogP) is 3.37. The molecule has 1 aliphatic rings. The second-order valence-electron chi connectivity index (χ2n) is 4.42. The van der Waals surface area contributed by atoms with Gasteiger partial charge in [-0.25, -0.2) is 10.0 Å². The fraction of sp³-hybridized carbons (Fsp3) is 0.308. The lowest BCUT2D eigenvalue weighted by molar-refractivity contribution is -0.175. The summed E-state index contributed by atoms with van der Waals surface area (Å²) in [4.78, 5) is 12.1. The molecule has 0 N–H and O–H groups in total. The Balaban J connectivity index is 2.43. The highest BCUT2D eigenvalue weighted by atomic mass is 35.5. The molecular weight excluding hydrogens is 328 g/mol. The molecule has 3 nitrogen and oxygen atoms in total. The molecule has 0 aromatic heterocycles. The van der Waals surface area contributed by atoms with E-state index in [1.807, 2.05) is 0 Å². The zero-order chi connectivity index (χ0) is 15.8. The van der Waals surface area contributed by atoms with Crippen LogP contribution < -0.4 is 5.01 Å². The molecule has 1 aliphatic heterocycles. The lowest BCUT2D eigenvalue weighted by Crippen LogP contribution is -2.40. The van der Waals surface area contributed by atoms with Gasteiger partial charge in [-0.2, -0.15) is 13.2 Å². The normalized spacial score (nSPS) is 19.9. The first-order valence-corrected chi connectivity index (χ1v) is 6.54. The highest BCUT2D eigenvalue weighted by Crippen LogP contribution is 2.37. The van der Waals surface area contributed by atoms with Crippen molar-refractivity contribution < 1.29 is 18.0 Å². The van der Waals surface area contributed by atoms with Gasteiger partial charge in [0.1, 0.15) is 5.92 Å². The number of carbonyl (C=O) groups is 1. The van der Waals surface area contributed by atoms with Crippen molar-refractivity contribution >= 4 is 34.8 Å². The minimum atomic E-state index is -4.64. The van der Waals surface area contributed by atoms with E-state index < -0.39 is 24.5 Å². The van der Waals surface area contributed by atoms with E-state index in [0.29, 0.717) is 0 Å². The van der Waals surface area contributed by atoms with Gasteiger partial charge in [0.2, 0.25) is 0 Å². The van der Waals surface area contributed by atoms with Gasteiger partial charge in [0.15, 0.2) is 0 Å². The summed E-state index contributed by atoms with van der Waals surface area (Å²) < 4.78 is 38.7. The Kier molecular flexibility index (Phi) is 4.38. The molecule has 112 valence electrons. The molecule has 21 heavy (non-hydrogen) atoms. The molecule has 0 radical (unpaired) electrons. The molecule has 2 rings (SSSR count). The Hall–Kier alpha value is -1.42. The number of hydrogen-bond acceptors (Lipinski definition) is 2. The number of alkyl halides is 3. The smallest absolute Gasteiger partial charge is 0.272 e. The summed E-state index contributed by atoms with van der Waals surface area (Å²) in [5.41, 5.74) is 0.152. The van der Waals surface area contributed by atoms with E-state index in [4.69, 9.17) is 29.6 Å². The van der Waals surface area contributed by atoms with Gasteiger partial charge in [-0.05, 0) is 18.2 Å². The summed E-state index contributed by atoms with van der Waals surface area (Å²) >= 11 is 11.6. The van der Waals surface area contributed by atoms with E-state index in [1.54, 1.807) is 0 Å². The summed E-state index contributed by atoms with van der Waals surface area (Å²) in [6, 6.07) is 4.13. The fourth-order valence-corrected chi connectivity index (χ4v) is 2.61. The fourth-order valence-electron chi connectivity index (χ4n) is 2.09. The molecule has 0 spiro atoms. The molecule has 1 saturated heterocycles. The number of rotatable bonds is 2. The van der Waals surface area contributed by atoms with Crippen LogP contribution in [-0.2, 0) is 4.79 Å². The third-order valence-electron chi connectivity index (χ3n) is 2.94. The highest BCUT2D eigenvalue weighted by molar-refractivity contribution is 6.35. The Bertz CT molecular complexity index is 592. The molecule has 1 fully saturated rings. The van der Waals surface area contributed by atoms with Crippen LogP contribution in [0.15, 0.2) is 18.2 Å². The van der Waals surface area contributed by atoms with E-state index >= 15 is 0 Å². The Morgan fingerprint density at radius 1 is 1.29 bits per heavy atom. The van der Waals surface area contributed by atoms with Crippen molar-refractivity contribution in [3.8, 4) is 12.3 Å². The second-order valence-corrected chi connectivity index (χ2v) is 5.30. The summed E-state index contributed by atoms with van der Waals surface area (Å²) in [5.74, 6) is -0.993. The Morgan fingerprint density at radius 3 is 2.33 bits per heavy atom. The van der Waals surface area contributed by atoms with Crippen LogP contribution >= 0.6 is 23.2 Å². The number of halogens is 5. The molecule has 0 aliphatic carbocycles. The van der Waals surface area contributed by atoms with Crippen LogP contribution in [0.1, 0.15) is 0 Å². The highest BCUT2D eigenvalue weighted by Gasteiger charge is 2.53. The van der Waals surface area contributed by atoms with Crippen molar-refractivity contribution in [3.63, 3.8) is 0 Å². The van der Waals surface area contributed by atoms with Crippen molar-refractivity contribution in [1.29, 1.82) is 0 Å². The molecule has 1 heterocycles. The van der Waals surface area contributed by atoms with Gasteiger partial charge in [-0.15, -0.1) is 6.42 Å². The first-order valence-electron chi connectivity index (χ1n) is 5.79. The first-order chi connectivity index (χ1) is 9.74. The summed E-state index contributed by atoms with van der Waals surface area (Å²) in [7, 11) is 0. The van der Waals surface area contributed by atoms with Crippen molar-refractivity contribution in [2.24, 2.45) is 5.92 Å². The molecule has 1 atom stereocenters. The lowest BCUT2D eigenvalue weighted by atomic mass is 10.1. The Labute approximate surface area is 129 Å². The van der Waals surface area contributed by atoms with E-state index in [0.717, 1.165) is 10.0 Å². The number of amides is 1. The summed E-state index contributed by atoms with van der Waals surface area (Å²) in [6.45, 7) is -0.668. The lowest BCUT2D eigenvalue weighted by Gasteiger charge is -2.26. The van der Waals surface area contributed by atoms with Gasteiger partial charge in [0, 0.05) is 16.6 Å². The largest absolute Gasteiger partial charge is 0.401 e. The molecule has 1 aromatic carbocycles. The van der Waals surface area contributed by atoms with Crippen LogP contribution in [0.3, 0.4) is 0 Å². The maximum absolute atomic E-state index is 12.9. The average molecular weight is 337 g/mol. The zero-order valence-corrected chi connectivity index (χ0v) is 12.0. The number of benzene rings is 1. The van der Waals surface area contributed by atoms with Crippen molar-refractivity contribution in [3.05, 3.63) is 28.2 Å². The minimum absolute atomic E-state index is 0.136. The maximum atomic E-state index is 12.9. The SMILES string of the molecule is C#CCN1CC(C(F)(F)F)C(=O)N1c1cc(Cl)cc(Cl)c1. The van der Waals surface area contributed by atoms with Gasteiger partial charge in [-0.3, -0.25) is 4.79 Å². The summed E-state index contributed by atoms with van der Waals surface area (Å²) in [6.07, 6.45) is 0.508. The van der Waals surface area contributed by atoms with Gasteiger partial charge in [0.25, 0.3) is 5.91 Å². The molecule has 0 bridgehead atoms. The standard InChI is InChI=1S/C13H9Cl2F3N2O/c1-2-3-19-7-11(13(16,17)18)12(21)20(19)10-5-8(14)4-9(15)6-10/h1,4-6,11H,3,7H2. The van der Waals surface area contributed by atoms with Crippen LogP contribution in [0.2, 0.25) is 10.0 Å².